The maximum Gasteiger partial charge on any atom is 0.306 e. The molecule has 1 aliphatic rings. The third kappa shape index (κ3) is 6.01. The molecule has 1 heterocycles. The largest absolute Gasteiger partial charge is 0.481 e. The van der Waals surface area contributed by atoms with Crippen LogP contribution in [0.15, 0.2) is 0 Å². The zero-order valence-corrected chi connectivity index (χ0v) is 10.6. The third-order valence-corrected chi connectivity index (χ3v) is 2.70. The SMILES string of the molecule is O=C(O)CCC(=O)OCC1CNCC([B]P)O1. The van der Waals surface area contributed by atoms with Gasteiger partial charge in [-0.15, -0.1) is 0 Å². The molecule has 0 saturated carbocycles. The first kappa shape index (κ1) is 14.4. The molecule has 1 radical (unpaired) electrons. The molecule has 17 heavy (non-hydrogen) atoms. The van der Waals surface area contributed by atoms with Crippen molar-refractivity contribution in [2.24, 2.45) is 0 Å². The van der Waals surface area contributed by atoms with Gasteiger partial charge in [-0.3, -0.25) is 9.59 Å². The van der Waals surface area contributed by atoms with Crippen molar-refractivity contribution in [2.45, 2.75) is 24.9 Å². The Labute approximate surface area is 103 Å². The van der Waals surface area contributed by atoms with E-state index in [1.165, 1.54) is 0 Å². The number of ether oxygens (including phenoxy) is 2. The van der Waals surface area contributed by atoms with Gasteiger partial charge in [0.2, 0.25) is 0 Å². The van der Waals surface area contributed by atoms with Crippen molar-refractivity contribution in [1.29, 1.82) is 0 Å². The minimum atomic E-state index is -1.00. The van der Waals surface area contributed by atoms with Gasteiger partial charge in [0.05, 0.1) is 12.8 Å². The standard InChI is InChI=1S/C9H16BNO5P/c12-8(13)1-2-9(14)15-5-6-3-11-4-7(10-17)16-6/h6-7,11H,1-5,17H2,(H,12,13). The van der Waals surface area contributed by atoms with E-state index >= 15 is 0 Å². The van der Waals surface area contributed by atoms with E-state index in [0.29, 0.717) is 6.54 Å². The molecule has 0 aliphatic carbocycles. The van der Waals surface area contributed by atoms with Gasteiger partial charge in [0.15, 0.2) is 7.00 Å². The van der Waals surface area contributed by atoms with Crippen molar-refractivity contribution in [2.75, 3.05) is 19.7 Å². The Bertz CT molecular complexity index is 278. The quantitative estimate of drug-likeness (QED) is 0.369. The van der Waals surface area contributed by atoms with E-state index in [-0.39, 0.29) is 31.6 Å². The molecule has 0 aromatic rings. The summed E-state index contributed by atoms with van der Waals surface area (Å²) in [5.74, 6) is -1.51. The number of aliphatic carboxylic acids is 1. The second-order valence-electron chi connectivity index (χ2n) is 3.72. The van der Waals surface area contributed by atoms with E-state index in [1.54, 1.807) is 0 Å². The third-order valence-electron chi connectivity index (χ3n) is 2.27. The van der Waals surface area contributed by atoms with Gasteiger partial charge in [-0.2, -0.15) is 9.12 Å². The lowest BCUT2D eigenvalue weighted by Crippen LogP contribution is -2.48. The average molecular weight is 260 g/mol. The number of hydrogen-bond acceptors (Lipinski definition) is 5. The summed E-state index contributed by atoms with van der Waals surface area (Å²) >= 11 is 0. The maximum atomic E-state index is 11.2. The monoisotopic (exact) mass is 260 g/mol. The van der Waals surface area contributed by atoms with E-state index in [1.807, 2.05) is 7.00 Å². The molecule has 0 amide bonds. The first-order chi connectivity index (χ1) is 8.11. The number of nitrogens with one attached hydrogen (secondary N) is 1. The molecule has 8 heteroatoms. The molecule has 0 aromatic heterocycles. The van der Waals surface area contributed by atoms with E-state index in [0.717, 1.165) is 6.54 Å². The van der Waals surface area contributed by atoms with Crippen LogP contribution in [0, 0.1) is 0 Å². The van der Waals surface area contributed by atoms with Crippen LogP contribution in [0.1, 0.15) is 12.8 Å². The summed E-state index contributed by atoms with van der Waals surface area (Å²) in [4.78, 5) is 21.4. The predicted molar refractivity (Wildman–Crippen MR) is 64.8 cm³/mol. The number of rotatable bonds is 6. The van der Waals surface area contributed by atoms with Crippen LogP contribution in [0.2, 0.25) is 0 Å². The smallest absolute Gasteiger partial charge is 0.306 e. The molecule has 6 nitrogen and oxygen atoms in total. The van der Waals surface area contributed by atoms with Crippen LogP contribution in [0.4, 0.5) is 0 Å². The molecule has 0 bridgehead atoms. The zero-order valence-electron chi connectivity index (χ0n) is 9.43. The normalized spacial score (nSPS) is 24.1. The van der Waals surface area contributed by atoms with Gasteiger partial charge >= 0.3 is 11.9 Å². The van der Waals surface area contributed by atoms with Gasteiger partial charge in [-0.25, -0.2) is 0 Å². The molecule has 3 unspecified atom stereocenters. The fraction of sp³-hybridized carbons (Fsp3) is 0.778. The number of esters is 1. The second-order valence-corrected chi connectivity index (χ2v) is 4.11. The van der Waals surface area contributed by atoms with Crippen LogP contribution in [-0.2, 0) is 19.1 Å². The van der Waals surface area contributed by atoms with Gasteiger partial charge < -0.3 is 19.9 Å². The average Bonchev–Trinajstić information content (AvgIpc) is 2.34. The van der Waals surface area contributed by atoms with E-state index < -0.39 is 11.9 Å². The molecule has 1 aliphatic heterocycles. The van der Waals surface area contributed by atoms with Gasteiger partial charge in [-0.1, -0.05) is 0 Å². The van der Waals surface area contributed by atoms with Gasteiger partial charge in [0.25, 0.3) is 0 Å². The van der Waals surface area contributed by atoms with Crippen molar-refractivity contribution in [1.82, 2.24) is 5.32 Å². The van der Waals surface area contributed by atoms with Crippen molar-refractivity contribution in [3.8, 4) is 0 Å². The van der Waals surface area contributed by atoms with Crippen LogP contribution >= 0.6 is 9.12 Å². The minimum absolute atomic E-state index is 0.00327. The molecule has 2 N–H and O–H groups in total. The van der Waals surface area contributed by atoms with Gasteiger partial charge in [0, 0.05) is 19.1 Å². The van der Waals surface area contributed by atoms with Gasteiger partial charge in [0.1, 0.15) is 12.7 Å². The molecule has 1 fully saturated rings. The Balaban J connectivity index is 2.16. The molecule has 1 saturated heterocycles. The molecule has 3 atom stereocenters. The van der Waals surface area contributed by atoms with Crippen molar-refractivity contribution in [3.63, 3.8) is 0 Å². The number of carboxylic acids is 1. The summed E-state index contributed by atoms with van der Waals surface area (Å²) in [6.45, 7) is 3.38. The number of carbonyl (C=O) groups excluding carboxylic acids is 1. The van der Waals surface area contributed by atoms with Crippen molar-refractivity contribution < 1.29 is 24.2 Å². The van der Waals surface area contributed by atoms with E-state index in [4.69, 9.17) is 14.6 Å². The number of carboxylic acid groups (broad SMARTS) is 1. The highest BCUT2D eigenvalue weighted by molar-refractivity contribution is 7.56. The molecule has 0 aromatic carbocycles. The highest BCUT2D eigenvalue weighted by Crippen LogP contribution is 2.06. The zero-order chi connectivity index (χ0) is 12.7. The Morgan fingerprint density at radius 1 is 1.47 bits per heavy atom. The van der Waals surface area contributed by atoms with E-state index in [9.17, 15) is 9.59 Å². The number of morpholine rings is 1. The van der Waals surface area contributed by atoms with Crippen LogP contribution < -0.4 is 5.32 Å². The molecular weight excluding hydrogens is 244 g/mol. The lowest BCUT2D eigenvalue weighted by molar-refractivity contribution is -0.152. The Kier molecular flexibility index (Phi) is 6.48. The fourth-order valence-corrected chi connectivity index (χ4v) is 1.64. The first-order valence-corrected chi connectivity index (χ1v) is 6.07. The molecule has 0 spiro atoms. The predicted octanol–water partition coefficient (Wildman–Crippen LogP) is -0.797. The molecular formula is C9H16BNO5P. The lowest BCUT2D eigenvalue weighted by Gasteiger charge is -2.29. The lowest BCUT2D eigenvalue weighted by atomic mass is 9.96. The van der Waals surface area contributed by atoms with Crippen LogP contribution in [0.25, 0.3) is 0 Å². The molecule has 1 rings (SSSR count). The summed E-state index contributed by atoms with van der Waals surface area (Å²) in [7, 11) is 2.48. The number of carbonyl (C=O) groups is 2. The maximum absolute atomic E-state index is 11.2. The van der Waals surface area contributed by atoms with Crippen LogP contribution in [0.5, 0.6) is 0 Å². The summed E-state index contributed by atoms with van der Waals surface area (Å²) in [5, 5.41) is 11.6. The van der Waals surface area contributed by atoms with Crippen LogP contribution in [-0.4, -0.2) is 55.8 Å². The number of hydrogen-bond donors (Lipinski definition) is 2. The summed E-state index contributed by atoms with van der Waals surface area (Å²) in [6.07, 6.45) is -0.487. The Morgan fingerprint density at radius 3 is 2.88 bits per heavy atom. The second kappa shape index (κ2) is 7.64. The Morgan fingerprint density at radius 2 is 2.24 bits per heavy atom. The minimum Gasteiger partial charge on any atom is -0.481 e. The van der Waals surface area contributed by atoms with Crippen molar-refractivity contribution in [3.05, 3.63) is 0 Å². The summed E-state index contributed by atoms with van der Waals surface area (Å²) < 4.78 is 10.5. The Hall–Kier alpha value is -0.645. The van der Waals surface area contributed by atoms with Gasteiger partial charge in [-0.05, 0) is 0 Å². The molecule has 95 valence electrons. The fourth-order valence-electron chi connectivity index (χ4n) is 1.41. The highest BCUT2D eigenvalue weighted by atomic mass is 31.0. The summed E-state index contributed by atoms with van der Waals surface area (Å²) in [6, 6.07) is -0.00327. The van der Waals surface area contributed by atoms with Crippen molar-refractivity contribution >= 4 is 28.1 Å². The van der Waals surface area contributed by atoms with Crippen LogP contribution in [0.3, 0.4) is 0 Å². The highest BCUT2D eigenvalue weighted by Gasteiger charge is 2.22. The topological polar surface area (TPSA) is 84.9 Å². The van der Waals surface area contributed by atoms with E-state index in [2.05, 4.69) is 14.4 Å². The summed E-state index contributed by atoms with van der Waals surface area (Å²) in [5.41, 5.74) is 0. The first-order valence-electron chi connectivity index (χ1n) is 5.40.